The molecule has 198 valence electrons. The summed E-state index contributed by atoms with van der Waals surface area (Å²) in [6.45, 7) is 1.86. The van der Waals surface area contributed by atoms with E-state index in [-0.39, 0.29) is 40.4 Å². The van der Waals surface area contributed by atoms with Gasteiger partial charge in [-0.2, -0.15) is 13.2 Å². The number of phenolic OH excluding ortho intramolecular Hbond substituents is 1. The first-order valence-electron chi connectivity index (χ1n) is 11.7. The lowest BCUT2D eigenvalue weighted by molar-refractivity contribution is -0.154. The van der Waals surface area contributed by atoms with Gasteiger partial charge < -0.3 is 19.2 Å². The Bertz CT molecular complexity index is 1550. The first kappa shape index (κ1) is 26.1. The van der Waals surface area contributed by atoms with Crippen molar-refractivity contribution in [3.63, 3.8) is 0 Å². The van der Waals surface area contributed by atoms with Crippen molar-refractivity contribution in [2.45, 2.75) is 12.7 Å². The monoisotopic (exact) mass is 592 g/mol. The highest BCUT2D eigenvalue weighted by atomic mass is 79.9. The number of aromatic hydroxyl groups is 1. The van der Waals surface area contributed by atoms with Crippen LogP contribution in [-0.2, 0) is 12.7 Å². The molecule has 0 radical (unpaired) electrons. The Hall–Kier alpha value is -3.57. The molecule has 0 aliphatic carbocycles. The lowest BCUT2D eigenvalue weighted by atomic mass is 10.1. The number of ether oxygens (including phenoxy) is 1. The second kappa shape index (κ2) is 10.3. The van der Waals surface area contributed by atoms with E-state index >= 15 is 0 Å². The molecular weight excluding hydrogens is 572 g/mol. The standard InChI is InChI=1S/C27H21BrF4N2O4/c28-18-5-1-4-8-22(18)37-25-23(36)16-9-10-21(35)17(24(16)38-26(25)27(30,31)32)15-33-11-13-34(14-12-33)20-7-3-2-6-19(20)29/h1-10,35H,11-15H2. The van der Waals surface area contributed by atoms with Crippen molar-refractivity contribution in [2.75, 3.05) is 31.1 Å². The van der Waals surface area contributed by atoms with Crippen molar-refractivity contribution in [1.82, 2.24) is 4.90 Å². The van der Waals surface area contributed by atoms with E-state index in [0.29, 0.717) is 36.3 Å². The number of phenols is 1. The highest BCUT2D eigenvalue weighted by molar-refractivity contribution is 9.10. The second-order valence-electron chi connectivity index (χ2n) is 8.77. The van der Waals surface area contributed by atoms with Gasteiger partial charge in [0.2, 0.25) is 11.2 Å². The average molecular weight is 593 g/mol. The minimum absolute atomic E-state index is 0.0105. The first-order valence-corrected chi connectivity index (χ1v) is 12.5. The number of hydrogen-bond donors (Lipinski definition) is 1. The van der Waals surface area contributed by atoms with E-state index in [2.05, 4.69) is 15.9 Å². The molecule has 1 aliphatic heterocycles. The largest absolute Gasteiger partial charge is 0.507 e. The van der Waals surface area contributed by atoms with Crippen LogP contribution >= 0.6 is 15.9 Å². The number of para-hydroxylation sites is 2. The topological polar surface area (TPSA) is 66.2 Å². The van der Waals surface area contributed by atoms with Crippen LogP contribution in [0.3, 0.4) is 0 Å². The Morgan fingerprint density at radius 2 is 1.66 bits per heavy atom. The summed E-state index contributed by atoms with van der Waals surface area (Å²) in [5, 5.41) is 10.4. The van der Waals surface area contributed by atoms with Gasteiger partial charge in [-0.25, -0.2) is 4.39 Å². The number of hydrogen-bond acceptors (Lipinski definition) is 6. The molecule has 1 N–H and O–H groups in total. The predicted molar refractivity (Wildman–Crippen MR) is 137 cm³/mol. The minimum atomic E-state index is -5.04. The maximum atomic E-state index is 14.2. The van der Waals surface area contributed by atoms with Crippen molar-refractivity contribution in [1.29, 1.82) is 0 Å². The van der Waals surface area contributed by atoms with Gasteiger partial charge in [0.15, 0.2) is 0 Å². The molecule has 0 unspecified atom stereocenters. The molecule has 0 amide bonds. The summed E-state index contributed by atoms with van der Waals surface area (Å²) in [5.74, 6) is -3.22. The summed E-state index contributed by atoms with van der Waals surface area (Å²) in [5.41, 5.74) is -0.853. The predicted octanol–water partition coefficient (Wildman–Crippen LogP) is 6.53. The molecule has 1 aromatic heterocycles. The fourth-order valence-corrected chi connectivity index (χ4v) is 4.80. The third kappa shape index (κ3) is 5.08. The van der Waals surface area contributed by atoms with E-state index in [1.807, 2.05) is 9.80 Å². The number of nitrogens with zero attached hydrogens (tertiary/aromatic N) is 2. The summed E-state index contributed by atoms with van der Waals surface area (Å²) in [4.78, 5) is 17.0. The highest BCUT2D eigenvalue weighted by Gasteiger charge is 2.41. The molecule has 1 saturated heterocycles. The van der Waals surface area contributed by atoms with Gasteiger partial charge >= 0.3 is 6.18 Å². The Labute approximate surface area is 222 Å². The van der Waals surface area contributed by atoms with Crippen LogP contribution in [0.4, 0.5) is 23.2 Å². The third-order valence-corrected chi connectivity index (χ3v) is 7.01. The van der Waals surface area contributed by atoms with E-state index in [4.69, 9.17) is 9.15 Å². The van der Waals surface area contributed by atoms with E-state index in [9.17, 15) is 27.5 Å². The molecule has 0 bridgehead atoms. The molecule has 11 heteroatoms. The zero-order chi connectivity index (χ0) is 27.0. The lowest BCUT2D eigenvalue weighted by Crippen LogP contribution is -2.46. The highest BCUT2D eigenvalue weighted by Crippen LogP contribution is 2.41. The molecule has 38 heavy (non-hydrogen) atoms. The van der Waals surface area contributed by atoms with Crippen molar-refractivity contribution in [3.8, 4) is 17.2 Å². The number of piperazine rings is 1. The van der Waals surface area contributed by atoms with E-state index in [1.165, 1.54) is 24.3 Å². The SMILES string of the molecule is O=c1c(Oc2ccccc2Br)c(C(F)(F)F)oc2c(CN3CCN(c4ccccc4F)CC3)c(O)ccc12. The van der Waals surface area contributed by atoms with Crippen LogP contribution in [-0.4, -0.2) is 36.2 Å². The van der Waals surface area contributed by atoms with Crippen LogP contribution < -0.4 is 15.1 Å². The number of alkyl halides is 3. The van der Waals surface area contributed by atoms with Gasteiger partial charge in [0.1, 0.15) is 22.9 Å². The smallest absolute Gasteiger partial charge is 0.453 e. The Morgan fingerprint density at radius 3 is 2.34 bits per heavy atom. The van der Waals surface area contributed by atoms with Crippen LogP contribution in [0.2, 0.25) is 0 Å². The summed E-state index contributed by atoms with van der Waals surface area (Å²) in [6.07, 6.45) is -5.04. The van der Waals surface area contributed by atoms with E-state index < -0.39 is 23.1 Å². The number of fused-ring (bicyclic) bond motifs is 1. The summed E-state index contributed by atoms with van der Waals surface area (Å²) in [6, 6.07) is 15.1. The van der Waals surface area contributed by atoms with Crippen LogP contribution in [0.1, 0.15) is 11.3 Å². The molecule has 1 fully saturated rings. The molecule has 4 aromatic rings. The lowest BCUT2D eigenvalue weighted by Gasteiger charge is -2.36. The quantitative estimate of drug-likeness (QED) is 0.266. The van der Waals surface area contributed by atoms with Gasteiger partial charge in [-0.1, -0.05) is 24.3 Å². The summed E-state index contributed by atoms with van der Waals surface area (Å²) in [7, 11) is 0. The molecule has 2 heterocycles. The Kier molecular flexibility index (Phi) is 7.06. The van der Waals surface area contributed by atoms with Crippen molar-refractivity contribution >= 4 is 32.6 Å². The van der Waals surface area contributed by atoms with Crippen LogP contribution in [0.25, 0.3) is 11.0 Å². The fraction of sp³-hybridized carbons (Fsp3) is 0.222. The van der Waals surface area contributed by atoms with Gasteiger partial charge in [-0.05, 0) is 52.3 Å². The van der Waals surface area contributed by atoms with Crippen molar-refractivity contribution in [3.05, 3.63) is 92.5 Å². The van der Waals surface area contributed by atoms with E-state index in [1.54, 1.807) is 36.4 Å². The van der Waals surface area contributed by atoms with Crippen LogP contribution in [0.5, 0.6) is 17.2 Å². The molecule has 1 aliphatic rings. The molecular formula is C27H21BrF4N2O4. The number of rotatable bonds is 5. The van der Waals surface area contributed by atoms with Crippen molar-refractivity contribution < 1.29 is 31.8 Å². The summed E-state index contributed by atoms with van der Waals surface area (Å²) >= 11 is 3.20. The first-order chi connectivity index (χ1) is 18.1. The average Bonchev–Trinajstić information content (AvgIpc) is 2.88. The zero-order valence-corrected chi connectivity index (χ0v) is 21.4. The van der Waals surface area contributed by atoms with E-state index in [0.717, 1.165) is 0 Å². The Balaban J connectivity index is 1.49. The normalized spacial score (nSPS) is 14.7. The van der Waals surface area contributed by atoms with Crippen LogP contribution in [0, 0.1) is 5.82 Å². The molecule has 3 aromatic carbocycles. The van der Waals surface area contributed by atoms with Gasteiger partial charge in [0.25, 0.3) is 5.76 Å². The Morgan fingerprint density at radius 1 is 0.974 bits per heavy atom. The zero-order valence-electron chi connectivity index (χ0n) is 19.8. The minimum Gasteiger partial charge on any atom is -0.507 e. The molecule has 6 nitrogen and oxygen atoms in total. The molecule has 0 atom stereocenters. The fourth-order valence-electron chi connectivity index (χ4n) is 4.43. The summed E-state index contributed by atoms with van der Waals surface area (Å²) < 4.78 is 67.4. The maximum absolute atomic E-state index is 14.2. The second-order valence-corrected chi connectivity index (χ2v) is 9.63. The molecule has 0 spiro atoms. The number of halogens is 5. The number of benzene rings is 3. The number of anilines is 1. The van der Waals surface area contributed by atoms with Gasteiger partial charge in [-0.3, -0.25) is 9.69 Å². The maximum Gasteiger partial charge on any atom is 0.453 e. The van der Waals surface area contributed by atoms with Gasteiger partial charge in [0, 0.05) is 32.7 Å². The molecule has 0 saturated carbocycles. The van der Waals surface area contributed by atoms with Gasteiger partial charge in [-0.15, -0.1) is 0 Å². The van der Waals surface area contributed by atoms with Gasteiger partial charge in [0.05, 0.1) is 21.1 Å². The third-order valence-electron chi connectivity index (χ3n) is 6.35. The van der Waals surface area contributed by atoms with Crippen molar-refractivity contribution in [2.24, 2.45) is 0 Å². The van der Waals surface area contributed by atoms with Crippen LogP contribution in [0.15, 0.2) is 74.3 Å². The molecule has 5 rings (SSSR count).